The monoisotopic (exact) mass is 271 g/mol. The number of rotatable bonds is 3. The van der Waals surface area contributed by atoms with Crippen molar-refractivity contribution in [2.45, 2.75) is 0 Å². The van der Waals surface area contributed by atoms with Gasteiger partial charge in [0.05, 0.1) is 6.20 Å². The van der Waals surface area contributed by atoms with Crippen LogP contribution >= 0.6 is 0 Å². The molecule has 0 atom stereocenters. The van der Waals surface area contributed by atoms with Crippen molar-refractivity contribution in [3.05, 3.63) is 60.8 Å². The summed E-state index contributed by atoms with van der Waals surface area (Å²) in [6, 6.07) is 16.6. The van der Waals surface area contributed by atoms with E-state index in [1.54, 1.807) is 30.5 Å². The molecule has 0 aliphatic carbocycles. The zero-order valence-electron chi connectivity index (χ0n) is 10.6. The highest BCUT2D eigenvalue weighted by molar-refractivity contribution is 5.75. The first kappa shape index (κ1) is 13.6. The van der Waals surface area contributed by atoms with Gasteiger partial charge in [0.2, 0.25) is 0 Å². The van der Waals surface area contributed by atoms with E-state index in [9.17, 15) is 4.79 Å². The van der Waals surface area contributed by atoms with Crippen molar-refractivity contribution >= 4 is 16.9 Å². The molecule has 2 aromatic carbocycles. The molecule has 0 radical (unpaired) electrons. The van der Waals surface area contributed by atoms with Crippen LogP contribution in [0.25, 0.3) is 11.0 Å². The topological polar surface area (TPSA) is 72.6 Å². The van der Waals surface area contributed by atoms with E-state index in [0.717, 1.165) is 11.0 Å². The summed E-state index contributed by atoms with van der Waals surface area (Å²) in [5, 5.41) is 12.9. The van der Waals surface area contributed by atoms with E-state index in [4.69, 9.17) is 14.4 Å². The molecule has 20 heavy (non-hydrogen) atoms. The first-order valence-corrected chi connectivity index (χ1v) is 5.95. The van der Waals surface area contributed by atoms with Gasteiger partial charge in [-0.15, -0.1) is 0 Å². The lowest BCUT2D eigenvalue weighted by molar-refractivity contribution is -0.139. The van der Waals surface area contributed by atoms with Crippen LogP contribution in [0.2, 0.25) is 0 Å². The van der Waals surface area contributed by atoms with E-state index in [-0.39, 0.29) is 6.61 Å². The second kappa shape index (κ2) is 6.94. The van der Waals surface area contributed by atoms with Crippen LogP contribution in [0, 0.1) is 0 Å². The predicted molar refractivity (Wildman–Crippen MR) is 73.6 cm³/mol. The highest BCUT2D eigenvalue weighted by Gasteiger charge is 1.96. The van der Waals surface area contributed by atoms with Crippen LogP contribution < -0.4 is 4.74 Å². The summed E-state index contributed by atoms with van der Waals surface area (Å²) in [4.78, 5) is 10.0. The second-order valence-electron chi connectivity index (χ2n) is 3.86. The zero-order chi connectivity index (χ0) is 14.2. The average molecular weight is 271 g/mol. The molecular formula is C15H13NO4. The lowest BCUT2D eigenvalue weighted by Gasteiger charge is -2.00. The fraction of sp³-hybridized carbons (Fsp3) is 0.0667. The number of hydrogen-bond acceptors (Lipinski definition) is 4. The van der Waals surface area contributed by atoms with Crippen LogP contribution in [0.5, 0.6) is 5.75 Å². The van der Waals surface area contributed by atoms with Crippen LogP contribution in [-0.2, 0) is 4.79 Å². The number of carboxylic acids is 1. The summed E-state index contributed by atoms with van der Waals surface area (Å²) < 4.78 is 9.74. The van der Waals surface area contributed by atoms with Gasteiger partial charge in [-0.2, -0.15) is 0 Å². The quantitative estimate of drug-likeness (QED) is 0.792. The van der Waals surface area contributed by atoms with Gasteiger partial charge < -0.3 is 14.4 Å². The van der Waals surface area contributed by atoms with Gasteiger partial charge in [-0.3, -0.25) is 0 Å². The maximum Gasteiger partial charge on any atom is 0.341 e. The Bertz CT molecular complexity index is 633. The van der Waals surface area contributed by atoms with E-state index >= 15 is 0 Å². The van der Waals surface area contributed by atoms with E-state index in [2.05, 4.69) is 5.16 Å². The van der Waals surface area contributed by atoms with Gasteiger partial charge in [-0.1, -0.05) is 35.5 Å². The third-order valence-corrected chi connectivity index (χ3v) is 2.37. The molecule has 0 aliphatic rings. The summed E-state index contributed by atoms with van der Waals surface area (Å²) >= 11 is 0. The Labute approximate surface area is 115 Å². The van der Waals surface area contributed by atoms with E-state index in [1.807, 2.05) is 30.3 Å². The van der Waals surface area contributed by atoms with Crippen molar-refractivity contribution < 1.29 is 19.2 Å². The van der Waals surface area contributed by atoms with E-state index in [0.29, 0.717) is 5.75 Å². The molecule has 3 aromatic rings. The molecule has 0 aliphatic heterocycles. The summed E-state index contributed by atoms with van der Waals surface area (Å²) in [6.45, 7) is -0.288. The lowest BCUT2D eigenvalue weighted by Crippen LogP contribution is -2.09. The van der Waals surface area contributed by atoms with Crippen LogP contribution in [0.4, 0.5) is 0 Å². The third-order valence-electron chi connectivity index (χ3n) is 2.37. The number of para-hydroxylation sites is 2. The number of ether oxygens (including phenoxy) is 1. The van der Waals surface area contributed by atoms with Gasteiger partial charge >= 0.3 is 5.97 Å². The number of fused-ring (bicyclic) bond motifs is 1. The second-order valence-corrected chi connectivity index (χ2v) is 3.86. The molecule has 0 unspecified atom stereocenters. The molecule has 0 saturated heterocycles. The van der Waals surface area contributed by atoms with Gasteiger partial charge in [-0.25, -0.2) is 4.79 Å². The fourth-order valence-corrected chi connectivity index (χ4v) is 1.47. The minimum atomic E-state index is -0.964. The van der Waals surface area contributed by atoms with Crippen molar-refractivity contribution in [2.24, 2.45) is 0 Å². The SMILES string of the molecule is O=C(O)COc1ccccc1.c1ccc2oncc2c1. The summed E-state index contributed by atoms with van der Waals surface area (Å²) in [5.74, 6) is -0.385. The van der Waals surface area contributed by atoms with Gasteiger partial charge in [-0.05, 0) is 24.3 Å². The minimum absolute atomic E-state index is 0.288. The largest absolute Gasteiger partial charge is 0.482 e. The maximum absolute atomic E-state index is 10.0. The van der Waals surface area contributed by atoms with Crippen LogP contribution in [0.3, 0.4) is 0 Å². The maximum atomic E-state index is 10.0. The van der Waals surface area contributed by atoms with Gasteiger partial charge in [0.15, 0.2) is 12.2 Å². The molecule has 3 rings (SSSR count). The Morgan fingerprint density at radius 2 is 1.80 bits per heavy atom. The standard InChI is InChI=1S/C8H8O3.C7H5NO/c9-8(10)6-11-7-4-2-1-3-5-7;1-2-4-7-6(3-1)5-8-9-7/h1-5H,6H2,(H,9,10);1-5H. The normalized spacial score (nSPS) is 9.60. The van der Waals surface area contributed by atoms with Crippen molar-refractivity contribution in [2.75, 3.05) is 6.61 Å². The number of carboxylic acid groups (broad SMARTS) is 1. The molecule has 5 nitrogen and oxygen atoms in total. The average Bonchev–Trinajstić information content (AvgIpc) is 2.95. The Balaban J connectivity index is 0.000000149. The molecule has 0 saturated carbocycles. The number of benzene rings is 2. The Kier molecular flexibility index (Phi) is 4.72. The summed E-state index contributed by atoms with van der Waals surface area (Å²) in [6.07, 6.45) is 1.70. The van der Waals surface area contributed by atoms with Crippen molar-refractivity contribution in [3.8, 4) is 5.75 Å². The molecule has 1 heterocycles. The van der Waals surface area contributed by atoms with Gasteiger partial charge in [0.1, 0.15) is 5.75 Å². The summed E-state index contributed by atoms with van der Waals surface area (Å²) in [7, 11) is 0. The van der Waals surface area contributed by atoms with Crippen molar-refractivity contribution in [1.29, 1.82) is 0 Å². The molecule has 5 heteroatoms. The number of aliphatic carboxylic acids is 1. The van der Waals surface area contributed by atoms with Gasteiger partial charge in [0, 0.05) is 5.39 Å². The van der Waals surface area contributed by atoms with Crippen LogP contribution in [0.1, 0.15) is 0 Å². The molecule has 0 amide bonds. The molecule has 0 spiro atoms. The van der Waals surface area contributed by atoms with Crippen LogP contribution in [-0.4, -0.2) is 22.8 Å². The molecular weight excluding hydrogens is 258 g/mol. The lowest BCUT2D eigenvalue weighted by atomic mass is 10.3. The first-order valence-electron chi connectivity index (χ1n) is 5.95. The first-order chi connectivity index (χ1) is 9.75. The van der Waals surface area contributed by atoms with Crippen molar-refractivity contribution in [1.82, 2.24) is 5.16 Å². The highest BCUT2D eigenvalue weighted by Crippen LogP contribution is 2.10. The molecule has 1 N–H and O–H groups in total. The van der Waals surface area contributed by atoms with Gasteiger partial charge in [0.25, 0.3) is 0 Å². The Morgan fingerprint density at radius 1 is 1.10 bits per heavy atom. The van der Waals surface area contributed by atoms with E-state index < -0.39 is 5.97 Å². The smallest absolute Gasteiger partial charge is 0.341 e. The summed E-state index contributed by atoms with van der Waals surface area (Å²) in [5.41, 5.74) is 0.845. The fourth-order valence-electron chi connectivity index (χ4n) is 1.47. The number of aromatic nitrogens is 1. The minimum Gasteiger partial charge on any atom is -0.482 e. The number of carbonyl (C=O) groups is 1. The van der Waals surface area contributed by atoms with E-state index in [1.165, 1.54) is 0 Å². The zero-order valence-corrected chi connectivity index (χ0v) is 10.6. The Morgan fingerprint density at radius 3 is 2.50 bits per heavy atom. The number of hydrogen-bond donors (Lipinski definition) is 1. The Hall–Kier alpha value is -2.82. The molecule has 0 fully saturated rings. The highest BCUT2D eigenvalue weighted by atomic mass is 16.5. The predicted octanol–water partition coefficient (Wildman–Crippen LogP) is 2.98. The van der Waals surface area contributed by atoms with Crippen molar-refractivity contribution in [3.63, 3.8) is 0 Å². The molecule has 0 bridgehead atoms. The number of nitrogens with zero attached hydrogens (tertiary/aromatic N) is 1. The molecule has 102 valence electrons. The third kappa shape index (κ3) is 4.13. The molecule has 1 aromatic heterocycles. The van der Waals surface area contributed by atoms with Crippen LogP contribution in [0.15, 0.2) is 65.3 Å².